The van der Waals surface area contributed by atoms with Gasteiger partial charge in [-0.15, -0.1) is 0 Å². The maximum absolute atomic E-state index is 11.0. The number of nitrogens with one attached hydrogen (secondary N) is 2. The van der Waals surface area contributed by atoms with Crippen LogP contribution in [0.4, 0.5) is 23.0 Å². The zero-order valence-electron chi connectivity index (χ0n) is 11.1. The number of benzene rings is 1. The van der Waals surface area contributed by atoms with E-state index in [0.717, 1.165) is 0 Å². The molecule has 0 aliphatic heterocycles. The number of nitrogens with zero attached hydrogens (tertiary/aromatic N) is 2. The first-order chi connectivity index (χ1) is 9.63. The van der Waals surface area contributed by atoms with Crippen molar-refractivity contribution < 1.29 is 9.66 Å². The fourth-order valence-electron chi connectivity index (χ4n) is 1.64. The maximum atomic E-state index is 11.0. The minimum atomic E-state index is -0.474. The first-order valence-electron chi connectivity index (χ1n) is 5.88. The molecule has 104 valence electrons. The summed E-state index contributed by atoms with van der Waals surface area (Å²) in [5.41, 5.74) is 0.606. The zero-order chi connectivity index (χ0) is 14.5. The van der Waals surface area contributed by atoms with E-state index in [1.54, 1.807) is 44.5 Å². The van der Waals surface area contributed by atoms with Gasteiger partial charge in [-0.1, -0.05) is 0 Å². The van der Waals surface area contributed by atoms with Crippen LogP contribution in [0.2, 0.25) is 0 Å². The second kappa shape index (κ2) is 5.87. The molecular formula is C13H14N4O3. The van der Waals surface area contributed by atoms with Crippen molar-refractivity contribution in [1.29, 1.82) is 0 Å². The molecule has 20 heavy (non-hydrogen) atoms. The van der Waals surface area contributed by atoms with Crippen molar-refractivity contribution in [3.63, 3.8) is 0 Å². The number of hydrogen-bond donors (Lipinski definition) is 2. The Balaban J connectivity index is 2.32. The topological polar surface area (TPSA) is 89.3 Å². The van der Waals surface area contributed by atoms with E-state index < -0.39 is 4.92 Å². The summed E-state index contributed by atoms with van der Waals surface area (Å²) >= 11 is 0. The molecule has 2 aromatic rings. The number of hydrogen-bond acceptors (Lipinski definition) is 6. The lowest BCUT2D eigenvalue weighted by Crippen LogP contribution is -2.02. The molecule has 0 fully saturated rings. The van der Waals surface area contributed by atoms with E-state index in [4.69, 9.17) is 4.74 Å². The summed E-state index contributed by atoms with van der Waals surface area (Å²) in [7, 11) is 3.27. The molecule has 0 amide bonds. The number of methoxy groups -OCH3 is 1. The van der Waals surface area contributed by atoms with E-state index in [1.807, 2.05) is 0 Å². The zero-order valence-corrected chi connectivity index (χ0v) is 11.1. The third-order valence-corrected chi connectivity index (χ3v) is 2.68. The molecule has 0 aliphatic carbocycles. The Morgan fingerprint density at radius 2 is 1.90 bits per heavy atom. The van der Waals surface area contributed by atoms with Crippen LogP contribution >= 0.6 is 0 Å². The van der Waals surface area contributed by atoms with Gasteiger partial charge in [0.1, 0.15) is 11.6 Å². The Kier molecular flexibility index (Phi) is 3.99. The average Bonchev–Trinajstić information content (AvgIpc) is 2.47. The Labute approximate surface area is 115 Å². The van der Waals surface area contributed by atoms with Crippen LogP contribution in [0.15, 0.2) is 36.4 Å². The van der Waals surface area contributed by atoms with Crippen molar-refractivity contribution in [1.82, 2.24) is 4.98 Å². The molecule has 1 aromatic carbocycles. The molecular weight excluding hydrogens is 260 g/mol. The van der Waals surface area contributed by atoms with E-state index in [9.17, 15) is 10.1 Å². The first kappa shape index (κ1) is 13.6. The predicted molar refractivity (Wildman–Crippen MR) is 76.7 cm³/mol. The number of pyridine rings is 1. The summed E-state index contributed by atoms with van der Waals surface area (Å²) < 4.78 is 5.06. The van der Waals surface area contributed by atoms with E-state index in [1.165, 1.54) is 6.07 Å². The number of aromatic nitrogens is 1. The van der Waals surface area contributed by atoms with Crippen LogP contribution in [0.3, 0.4) is 0 Å². The molecule has 0 spiro atoms. The highest BCUT2D eigenvalue weighted by molar-refractivity contribution is 5.67. The fourth-order valence-corrected chi connectivity index (χ4v) is 1.64. The molecule has 7 nitrogen and oxygen atoms in total. The predicted octanol–water partition coefficient (Wildman–Crippen LogP) is 2.78. The Bertz CT molecular complexity index is 614. The molecule has 0 radical (unpaired) electrons. The summed E-state index contributed by atoms with van der Waals surface area (Å²) in [6.45, 7) is 0. The molecule has 0 bridgehead atoms. The van der Waals surface area contributed by atoms with Crippen molar-refractivity contribution >= 4 is 23.0 Å². The van der Waals surface area contributed by atoms with E-state index in [-0.39, 0.29) is 11.5 Å². The van der Waals surface area contributed by atoms with Crippen molar-refractivity contribution in [2.45, 2.75) is 0 Å². The van der Waals surface area contributed by atoms with Crippen LogP contribution < -0.4 is 15.4 Å². The minimum absolute atomic E-state index is 0.0835. The SMILES string of the molecule is CNc1ccc([N+](=O)[O-])c(Nc2ccc(OC)cc2)n1. The minimum Gasteiger partial charge on any atom is -0.497 e. The van der Waals surface area contributed by atoms with Crippen LogP contribution in [0.5, 0.6) is 5.75 Å². The summed E-state index contributed by atoms with van der Waals surface area (Å²) in [5.74, 6) is 1.45. The van der Waals surface area contributed by atoms with Crippen molar-refractivity contribution in [3.8, 4) is 5.75 Å². The molecule has 1 heterocycles. The smallest absolute Gasteiger partial charge is 0.311 e. The highest BCUT2D eigenvalue weighted by Crippen LogP contribution is 2.27. The Morgan fingerprint density at radius 3 is 2.45 bits per heavy atom. The van der Waals surface area contributed by atoms with Gasteiger partial charge in [-0.05, 0) is 30.3 Å². The Hall–Kier alpha value is -2.83. The van der Waals surface area contributed by atoms with Gasteiger partial charge >= 0.3 is 5.69 Å². The fraction of sp³-hybridized carbons (Fsp3) is 0.154. The van der Waals surface area contributed by atoms with Crippen molar-refractivity contribution in [2.75, 3.05) is 24.8 Å². The molecule has 0 unspecified atom stereocenters. The number of anilines is 3. The number of ether oxygens (including phenoxy) is 1. The highest BCUT2D eigenvalue weighted by atomic mass is 16.6. The molecule has 1 aromatic heterocycles. The third kappa shape index (κ3) is 2.94. The largest absolute Gasteiger partial charge is 0.497 e. The quantitative estimate of drug-likeness (QED) is 0.643. The molecule has 2 rings (SSSR count). The van der Waals surface area contributed by atoms with Gasteiger partial charge in [0.25, 0.3) is 0 Å². The van der Waals surface area contributed by atoms with Crippen LogP contribution in [0.25, 0.3) is 0 Å². The van der Waals surface area contributed by atoms with Crippen LogP contribution in [0, 0.1) is 10.1 Å². The molecule has 7 heteroatoms. The monoisotopic (exact) mass is 274 g/mol. The van der Waals surface area contributed by atoms with Gasteiger partial charge < -0.3 is 15.4 Å². The molecule has 0 atom stereocenters. The lowest BCUT2D eigenvalue weighted by atomic mass is 10.3. The highest BCUT2D eigenvalue weighted by Gasteiger charge is 2.16. The molecule has 0 saturated carbocycles. The molecule has 0 saturated heterocycles. The van der Waals surface area contributed by atoms with Crippen LogP contribution in [0.1, 0.15) is 0 Å². The summed E-state index contributed by atoms with van der Waals surface area (Å²) in [5, 5.41) is 16.8. The standard InChI is InChI=1S/C13H14N4O3/c1-14-12-8-7-11(17(18)19)13(16-12)15-9-3-5-10(20-2)6-4-9/h3-8H,1-2H3,(H2,14,15,16). The number of nitro groups is 1. The summed E-state index contributed by atoms with van der Waals surface area (Å²) in [6, 6.07) is 10.0. The van der Waals surface area contributed by atoms with Crippen LogP contribution in [-0.2, 0) is 0 Å². The maximum Gasteiger partial charge on any atom is 0.311 e. The van der Waals surface area contributed by atoms with Gasteiger partial charge in [0.05, 0.1) is 12.0 Å². The van der Waals surface area contributed by atoms with E-state index in [0.29, 0.717) is 17.3 Å². The second-order valence-corrected chi connectivity index (χ2v) is 3.92. The summed E-state index contributed by atoms with van der Waals surface area (Å²) in [4.78, 5) is 14.7. The third-order valence-electron chi connectivity index (χ3n) is 2.68. The van der Waals surface area contributed by atoms with Gasteiger partial charge in [0, 0.05) is 18.8 Å². The van der Waals surface area contributed by atoms with Gasteiger partial charge in [-0.25, -0.2) is 4.98 Å². The van der Waals surface area contributed by atoms with E-state index >= 15 is 0 Å². The lowest BCUT2D eigenvalue weighted by Gasteiger charge is -2.08. The van der Waals surface area contributed by atoms with Crippen molar-refractivity contribution in [3.05, 3.63) is 46.5 Å². The van der Waals surface area contributed by atoms with Gasteiger partial charge in [0.2, 0.25) is 5.82 Å². The van der Waals surface area contributed by atoms with Crippen LogP contribution in [-0.4, -0.2) is 24.1 Å². The van der Waals surface area contributed by atoms with E-state index in [2.05, 4.69) is 15.6 Å². The first-order valence-corrected chi connectivity index (χ1v) is 5.88. The van der Waals surface area contributed by atoms with Gasteiger partial charge in [-0.2, -0.15) is 0 Å². The number of rotatable bonds is 5. The molecule has 0 aliphatic rings. The normalized spacial score (nSPS) is 9.90. The lowest BCUT2D eigenvalue weighted by molar-refractivity contribution is -0.384. The van der Waals surface area contributed by atoms with Gasteiger partial charge in [0.15, 0.2) is 0 Å². The second-order valence-electron chi connectivity index (χ2n) is 3.92. The molecule has 2 N–H and O–H groups in total. The van der Waals surface area contributed by atoms with Gasteiger partial charge in [-0.3, -0.25) is 10.1 Å². The average molecular weight is 274 g/mol. The summed E-state index contributed by atoms with van der Waals surface area (Å²) in [6.07, 6.45) is 0. The Morgan fingerprint density at radius 1 is 1.20 bits per heavy atom. The van der Waals surface area contributed by atoms with Crippen molar-refractivity contribution in [2.24, 2.45) is 0 Å².